The van der Waals surface area contributed by atoms with Gasteiger partial charge in [0.15, 0.2) is 0 Å². The summed E-state index contributed by atoms with van der Waals surface area (Å²) in [7, 11) is -2.46. The van der Waals surface area contributed by atoms with Gasteiger partial charge in [0.25, 0.3) is 15.9 Å². The van der Waals surface area contributed by atoms with Crippen LogP contribution in [0.4, 0.5) is 5.69 Å². The van der Waals surface area contributed by atoms with Crippen LogP contribution < -0.4 is 14.8 Å². The SMILES string of the molecule is COc1ccccc1NS(=O)(=O)c1cc(C(=O)NCc2ccc(Cl)s2)ccc1C. The molecule has 1 aromatic heterocycles. The van der Waals surface area contributed by atoms with Gasteiger partial charge < -0.3 is 10.1 Å². The Morgan fingerprint density at radius 1 is 1.14 bits per heavy atom. The molecule has 0 fully saturated rings. The van der Waals surface area contributed by atoms with Crippen molar-refractivity contribution in [2.45, 2.75) is 18.4 Å². The van der Waals surface area contributed by atoms with Crippen molar-refractivity contribution in [1.29, 1.82) is 0 Å². The van der Waals surface area contributed by atoms with E-state index in [9.17, 15) is 13.2 Å². The van der Waals surface area contributed by atoms with E-state index in [1.54, 1.807) is 49.4 Å². The van der Waals surface area contributed by atoms with E-state index >= 15 is 0 Å². The number of benzene rings is 2. The van der Waals surface area contributed by atoms with Gasteiger partial charge in [0, 0.05) is 10.4 Å². The predicted molar refractivity (Wildman–Crippen MR) is 115 cm³/mol. The Bertz CT molecular complexity index is 1140. The topological polar surface area (TPSA) is 84.5 Å². The lowest BCUT2D eigenvalue weighted by atomic mass is 10.1. The molecule has 0 spiro atoms. The number of hydrogen-bond acceptors (Lipinski definition) is 5. The standard InChI is InChI=1S/C20H19ClN2O4S2/c1-13-7-8-14(20(24)22-12-15-9-10-19(21)28-15)11-18(13)29(25,26)23-16-5-3-4-6-17(16)27-2/h3-11,23H,12H2,1-2H3,(H,22,24). The zero-order valence-electron chi connectivity index (χ0n) is 15.7. The molecule has 0 saturated heterocycles. The average Bonchev–Trinajstić information content (AvgIpc) is 3.11. The van der Waals surface area contributed by atoms with Gasteiger partial charge >= 0.3 is 0 Å². The van der Waals surface area contributed by atoms with Crippen LogP contribution in [-0.4, -0.2) is 21.4 Å². The maximum Gasteiger partial charge on any atom is 0.262 e. The molecule has 0 atom stereocenters. The summed E-state index contributed by atoms with van der Waals surface area (Å²) >= 11 is 7.26. The molecule has 0 aliphatic rings. The fraction of sp³-hybridized carbons (Fsp3) is 0.150. The molecule has 0 saturated carbocycles. The van der Waals surface area contributed by atoms with Crippen molar-refractivity contribution in [1.82, 2.24) is 5.32 Å². The number of carbonyl (C=O) groups is 1. The molecule has 3 aromatic rings. The van der Waals surface area contributed by atoms with E-state index < -0.39 is 10.0 Å². The molecule has 29 heavy (non-hydrogen) atoms. The molecule has 0 aliphatic heterocycles. The van der Waals surface area contributed by atoms with E-state index in [1.165, 1.54) is 24.5 Å². The van der Waals surface area contributed by atoms with E-state index in [0.29, 0.717) is 27.9 Å². The lowest BCUT2D eigenvalue weighted by molar-refractivity contribution is 0.0951. The molecule has 2 N–H and O–H groups in total. The largest absolute Gasteiger partial charge is 0.495 e. The highest BCUT2D eigenvalue weighted by molar-refractivity contribution is 7.92. The number of thiophene rings is 1. The molecular formula is C20H19ClN2O4S2. The van der Waals surface area contributed by atoms with Crippen molar-refractivity contribution in [3.8, 4) is 5.75 Å². The van der Waals surface area contributed by atoms with Crippen LogP contribution in [0.25, 0.3) is 0 Å². The summed E-state index contributed by atoms with van der Waals surface area (Å²) < 4.78 is 34.2. The first-order valence-corrected chi connectivity index (χ1v) is 11.3. The predicted octanol–water partition coefficient (Wildman–Crippen LogP) is 4.45. The summed E-state index contributed by atoms with van der Waals surface area (Å²) in [6, 6.07) is 14.9. The monoisotopic (exact) mass is 450 g/mol. The number of hydrogen-bond donors (Lipinski definition) is 2. The Morgan fingerprint density at radius 2 is 1.90 bits per heavy atom. The third-order valence-electron chi connectivity index (χ3n) is 4.14. The number of methoxy groups -OCH3 is 1. The van der Waals surface area contributed by atoms with E-state index in [1.807, 2.05) is 6.07 Å². The Balaban J connectivity index is 1.83. The maximum atomic E-state index is 12.9. The second kappa shape index (κ2) is 8.86. The minimum atomic E-state index is -3.92. The van der Waals surface area contributed by atoms with Crippen LogP contribution in [-0.2, 0) is 16.6 Å². The molecule has 3 rings (SSSR count). The molecule has 1 amide bonds. The van der Waals surface area contributed by atoms with E-state index in [-0.39, 0.29) is 16.4 Å². The molecular weight excluding hydrogens is 432 g/mol. The first kappa shape index (κ1) is 21.2. The molecule has 9 heteroatoms. The maximum absolute atomic E-state index is 12.9. The summed E-state index contributed by atoms with van der Waals surface area (Å²) in [5.41, 5.74) is 1.09. The van der Waals surface area contributed by atoms with Crippen molar-refractivity contribution in [3.63, 3.8) is 0 Å². The fourth-order valence-electron chi connectivity index (χ4n) is 2.68. The van der Waals surface area contributed by atoms with Gasteiger partial charge in [-0.2, -0.15) is 0 Å². The van der Waals surface area contributed by atoms with Crippen LogP contribution in [0.1, 0.15) is 20.8 Å². The lowest BCUT2D eigenvalue weighted by Crippen LogP contribution is -2.23. The number of halogens is 1. The van der Waals surface area contributed by atoms with Gasteiger partial charge in [0.05, 0.1) is 28.6 Å². The van der Waals surface area contributed by atoms with Gasteiger partial charge in [-0.25, -0.2) is 8.42 Å². The second-order valence-corrected chi connectivity index (χ2v) is 9.63. The first-order chi connectivity index (χ1) is 13.8. The third-order valence-corrected chi connectivity index (χ3v) is 6.88. The molecule has 0 aliphatic carbocycles. The number of sulfonamides is 1. The van der Waals surface area contributed by atoms with E-state index in [2.05, 4.69) is 10.0 Å². The number of para-hydroxylation sites is 2. The average molecular weight is 451 g/mol. The molecule has 6 nitrogen and oxygen atoms in total. The highest BCUT2D eigenvalue weighted by atomic mass is 35.5. The van der Waals surface area contributed by atoms with E-state index in [0.717, 1.165) is 4.88 Å². The van der Waals surface area contributed by atoms with Gasteiger partial charge in [0.1, 0.15) is 5.75 Å². The fourth-order valence-corrected chi connectivity index (χ4v) is 5.05. The highest BCUT2D eigenvalue weighted by Crippen LogP contribution is 2.27. The Kier molecular flexibility index (Phi) is 6.46. The number of rotatable bonds is 7. The smallest absolute Gasteiger partial charge is 0.262 e. The van der Waals surface area contributed by atoms with Crippen molar-refractivity contribution in [2.75, 3.05) is 11.8 Å². The molecule has 0 unspecified atom stereocenters. The summed E-state index contributed by atoms with van der Waals surface area (Å²) in [6.45, 7) is 1.98. The van der Waals surface area contributed by atoms with Crippen LogP contribution in [0, 0.1) is 6.92 Å². The molecule has 152 valence electrons. The van der Waals surface area contributed by atoms with Crippen LogP contribution >= 0.6 is 22.9 Å². The normalized spacial score (nSPS) is 11.1. The summed E-state index contributed by atoms with van der Waals surface area (Å²) in [5, 5.41) is 2.77. The lowest BCUT2D eigenvalue weighted by Gasteiger charge is -2.14. The van der Waals surface area contributed by atoms with Crippen molar-refractivity contribution in [2.24, 2.45) is 0 Å². The second-order valence-electron chi connectivity index (χ2n) is 6.17. The van der Waals surface area contributed by atoms with Crippen molar-refractivity contribution in [3.05, 3.63) is 74.9 Å². The molecule has 0 bridgehead atoms. The number of aryl methyl sites for hydroxylation is 1. The first-order valence-electron chi connectivity index (χ1n) is 8.59. The van der Waals surface area contributed by atoms with Gasteiger partial charge in [0.2, 0.25) is 0 Å². The zero-order chi connectivity index (χ0) is 21.0. The van der Waals surface area contributed by atoms with Gasteiger partial charge in [-0.05, 0) is 48.9 Å². The molecule has 1 heterocycles. The van der Waals surface area contributed by atoms with Crippen LogP contribution in [0.15, 0.2) is 59.5 Å². The zero-order valence-corrected chi connectivity index (χ0v) is 18.1. The Hall–Kier alpha value is -2.55. The number of anilines is 1. The number of carbonyl (C=O) groups excluding carboxylic acids is 1. The highest BCUT2D eigenvalue weighted by Gasteiger charge is 2.20. The quantitative estimate of drug-likeness (QED) is 0.557. The number of ether oxygens (including phenoxy) is 1. The summed E-state index contributed by atoms with van der Waals surface area (Å²) in [5.74, 6) is 0.0282. The Morgan fingerprint density at radius 3 is 2.59 bits per heavy atom. The van der Waals surface area contributed by atoms with Gasteiger partial charge in [-0.15, -0.1) is 11.3 Å². The summed E-state index contributed by atoms with van der Waals surface area (Å²) in [6.07, 6.45) is 0. The number of nitrogens with one attached hydrogen (secondary N) is 2. The minimum absolute atomic E-state index is 0.0234. The molecule has 2 aromatic carbocycles. The molecule has 0 radical (unpaired) electrons. The van der Waals surface area contributed by atoms with Gasteiger partial charge in [-0.1, -0.05) is 29.8 Å². The number of amides is 1. The Labute approximate surface area is 178 Å². The van der Waals surface area contributed by atoms with Crippen molar-refractivity contribution < 1.29 is 17.9 Å². The van der Waals surface area contributed by atoms with Crippen LogP contribution in [0.3, 0.4) is 0 Å². The van der Waals surface area contributed by atoms with E-state index in [4.69, 9.17) is 16.3 Å². The minimum Gasteiger partial charge on any atom is -0.495 e. The van der Waals surface area contributed by atoms with Crippen molar-refractivity contribution >= 4 is 44.6 Å². The summed E-state index contributed by atoms with van der Waals surface area (Å²) in [4.78, 5) is 13.4. The van der Waals surface area contributed by atoms with Crippen LogP contribution in [0.5, 0.6) is 5.75 Å². The van der Waals surface area contributed by atoms with Gasteiger partial charge in [-0.3, -0.25) is 9.52 Å². The third kappa shape index (κ3) is 5.09. The van der Waals surface area contributed by atoms with Crippen LogP contribution in [0.2, 0.25) is 4.34 Å².